The van der Waals surface area contributed by atoms with Gasteiger partial charge in [0.1, 0.15) is 0 Å². The van der Waals surface area contributed by atoms with Gasteiger partial charge < -0.3 is 5.32 Å². The molecule has 3 rings (SSSR count). The summed E-state index contributed by atoms with van der Waals surface area (Å²) in [5.74, 6) is 1.03. The molecule has 0 spiro atoms. The Bertz CT molecular complexity index is 508. The summed E-state index contributed by atoms with van der Waals surface area (Å²) in [4.78, 5) is 15.2. The summed E-state index contributed by atoms with van der Waals surface area (Å²) in [5.41, 5.74) is 3.29. The lowest BCUT2D eigenvalue weighted by Gasteiger charge is -2.35. The average Bonchev–Trinajstić information content (AvgIpc) is 3.27. The number of carbonyl (C=O) groups is 1. The summed E-state index contributed by atoms with van der Waals surface area (Å²) >= 11 is 0. The molecule has 1 unspecified atom stereocenters. The van der Waals surface area contributed by atoms with Crippen molar-refractivity contribution in [1.29, 1.82) is 0 Å². The maximum absolute atomic E-state index is 12.7. The normalized spacial score (nSPS) is 22.0. The van der Waals surface area contributed by atoms with Gasteiger partial charge in [-0.3, -0.25) is 9.69 Å². The Morgan fingerprint density at radius 1 is 1.18 bits per heavy atom. The van der Waals surface area contributed by atoms with Crippen LogP contribution in [0.15, 0.2) is 18.2 Å². The molecule has 0 aromatic heterocycles. The minimum Gasteiger partial charge on any atom is -0.324 e. The largest absolute Gasteiger partial charge is 0.324 e. The Hall–Kier alpha value is -1.06. The highest BCUT2D eigenvalue weighted by Crippen LogP contribution is 2.32. The molecule has 1 saturated carbocycles. The van der Waals surface area contributed by atoms with Crippen molar-refractivity contribution in [1.82, 2.24) is 4.90 Å². The van der Waals surface area contributed by atoms with Gasteiger partial charge in [-0.1, -0.05) is 24.6 Å². The molecule has 1 aliphatic carbocycles. The molecule has 4 heteroatoms. The Morgan fingerprint density at radius 3 is 2.50 bits per heavy atom. The first kappa shape index (κ1) is 17.3. The molecule has 1 aromatic carbocycles. The van der Waals surface area contributed by atoms with E-state index >= 15 is 0 Å². The van der Waals surface area contributed by atoms with Gasteiger partial charge in [-0.25, -0.2) is 0 Å². The molecular formula is C18H27ClN2O. The second-order valence-electron chi connectivity index (χ2n) is 6.71. The highest BCUT2D eigenvalue weighted by atomic mass is 35.5. The molecule has 0 bridgehead atoms. The zero-order valence-electron chi connectivity index (χ0n) is 13.6. The third-order valence-electron chi connectivity index (χ3n) is 4.84. The number of para-hydroxylation sites is 1. The molecule has 1 heterocycles. The second kappa shape index (κ2) is 7.47. The van der Waals surface area contributed by atoms with E-state index in [2.05, 4.69) is 36.2 Å². The van der Waals surface area contributed by atoms with Gasteiger partial charge in [0.15, 0.2) is 0 Å². The van der Waals surface area contributed by atoms with Gasteiger partial charge in [0.05, 0.1) is 6.04 Å². The maximum atomic E-state index is 12.7. The topological polar surface area (TPSA) is 32.3 Å². The number of nitrogens with one attached hydrogen (secondary N) is 1. The molecule has 122 valence electrons. The molecule has 1 amide bonds. The lowest BCUT2D eigenvalue weighted by molar-refractivity contribution is -0.122. The molecule has 2 aliphatic rings. The van der Waals surface area contributed by atoms with E-state index < -0.39 is 0 Å². The first-order valence-corrected chi connectivity index (χ1v) is 8.26. The van der Waals surface area contributed by atoms with E-state index in [0.29, 0.717) is 0 Å². The van der Waals surface area contributed by atoms with Gasteiger partial charge in [0.2, 0.25) is 5.91 Å². The van der Waals surface area contributed by atoms with Crippen LogP contribution < -0.4 is 5.32 Å². The fraction of sp³-hybridized carbons (Fsp3) is 0.611. The van der Waals surface area contributed by atoms with Crippen LogP contribution in [-0.2, 0) is 4.79 Å². The van der Waals surface area contributed by atoms with Gasteiger partial charge in [-0.15, -0.1) is 12.4 Å². The highest BCUT2D eigenvalue weighted by Gasteiger charge is 2.33. The first-order valence-electron chi connectivity index (χ1n) is 8.26. The summed E-state index contributed by atoms with van der Waals surface area (Å²) in [6.45, 7) is 6.32. The zero-order chi connectivity index (χ0) is 14.8. The van der Waals surface area contributed by atoms with Crippen LogP contribution in [0, 0.1) is 19.8 Å². The molecular weight excluding hydrogens is 296 g/mol. The summed E-state index contributed by atoms with van der Waals surface area (Å²) in [6.07, 6.45) is 6.11. The Morgan fingerprint density at radius 2 is 1.86 bits per heavy atom. The molecule has 0 radical (unpaired) electrons. The Balaban J connectivity index is 0.00000176. The van der Waals surface area contributed by atoms with Crippen molar-refractivity contribution in [3.63, 3.8) is 0 Å². The number of hydrogen-bond acceptors (Lipinski definition) is 2. The number of amides is 1. The number of hydrogen-bond donors (Lipinski definition) is 1. The minimum atomic E-state index is 0. The summed E-state index contributed by atoms with van der Waals surface area (Å²) < 4.78 is 0. The molecule has 1 aliphatic heterocycles. The van der Waals surface area contributed by atoms with Crippen molar-refractivity contribution < 1.29 is 4.79 Å². The van der Waals surface area contributed by atoms with E-state index in [9.17, 15) is 4.79 Å². The van der Waals surface area contributed by atoms with Gasteiger partial charge >= 0.3 is 0 Å². The molecule has 3 nitrogen and oxygen atoms in total. The molecule has 22 heavy (non-hydrogen) atoms. The first-order chi connectivity index (χ1) is 10.1. The predicted octanol–water partition coefficient (Wildman–Crippen LogP) is 3.93. The quantitative estimate of drug-likeness (QED) is 0.911. The number of nitrogens with zero attached hydrogens (tertiary/aromatic N) is 1. The number of piperidine rings is 1. The average molecular weight is 323 g/mol. The van der Waals surface area contributed by atoms with E-state index in [-0.39, 0.29) is 24.4 Å². The van der Waals surface area contributed by atoms with Crippen molar-refractivity contribution in [2.24, 2.45) is 5.92 Å². The Kier molecular flexibility index (Phi) is 5.87. The van der Waals surface area contributed by atoms with E-state index in [1.165, 1.54) is 25.7 Å². The lowest BCUT2D eigenvalue weighted by Crippen LogP contribution is -2.48. The molecule has 1 atom stereocenters. The number of anilines is 1. The maximum Gasteiger partial charge on any atom is 0.241 e. The van der Waals surface area contributed by atoms with Crippen LogP contribution in [-0.4, -0.2) is 29.9 Å². The van der Waals surface area contributed by atoms with Crippen molar-refractivity contribution >= 4 is 24.0 Å². The summed E-state index contributed by atoms with van der Waals surface area (Å²) in [5, 5.41) is 3.19. The minimum absolute atomic E-state index is 0. The highest BCUT2D eigenvalue weighted by molar-refractivity contribution is 5.96. The van der Waals surface area contributed by atoms with Crippen LogP contribution >= 0.6 is 12.4 Å². The number of benzene rings is 1. The van der Waals surface area contributed by atoms with Gasteiger partial charge in [-0.2, -0.15) is 0 Å². The monoisotopic (exact) mass is 322 g/mol. The van der Waals surface area contributed by atoms with Crippen molar-refractivity contribution in [2.75, 3.05) is 18.4 Å². The lowest BCUT2D eigenvalue weighted by atomic mass is 10.00. The van der Waals surface area contributed by atoms with E-state index in [1.54, 1.807) is 0 Å². The molecule has 1 saturated heterocycles. The number of rotatable bonds is 4. The van der Waals surface area contributed by atoms with Crippen molar-refractivity contribution in [2.45, 2.75) is 52.0 Å². The van der Waals surface area contributed by atoms with Crippen LogP contribution in [0.4, 0.5) is 5.69 Å². The molecule has 1 aromatic rings. The zero-order valence-corrected chi connectivity index (χ0v) is 14.4. The summed E-state index contributed by atoms with van der Waals surface area (Å²) in [7, 11) is 0. The van der Waals surface area contributed by atoms with Crippen LogP contribution in [0.1, 0.15) is 43.2 Å². The van der Waals surface area contributed by atoms with Crippen LogP contribution in [0.5, 0.6) is 0 Å². The fourth-order valence-corrected chi connectivity index (χ4v) is 3.36. The third kappa shape index (κ3) is 4.02. The standard InChI is InChI=1S/C18H26N2O.ClH/c1-13-6-5-7-14(2)17(13)19-18(21)16-8-3-4-11-20(16)12-15-9-10-15;/h5-7,15-16H,3-4,8-12H2,1-2H3,(H,19,21);1H. The third-order valence-corrected chi connectivity index (χ3v) is 4.84. The fourth-order valence-electron chi connectivity index (χ4n) is 3.36. The van der Waals surface area contributed by atoms with Gasteiger partial charge in [0.25, 0.3) is 0 Å². The van der Waals surface area contributed by atoms with Crippen LogP contribution in [0.3, 0.4) is 0 Å². The second-order valence-corrected chi connectivity index (χ2v) is 6.71. The van der Waals surface area contributed by atoms with E-state index in [4.69, 9.17) is 0 Å². The smallest absolute Gasteiger partial charge is 0.241 e. The molecule has 2 fully saturated rings. The molecule has 1 N–H and O–H groups in total. The number of halogens is 1. The van der Waals surface area contributed by atoms with Gasteiger partial charge in [0, 0.05) is 12.2 Å². The summed E-state index contributed by atoms with van der Waals surface area (Å²) in [6, 6.07) is 6.23. The van der Waals surface area contributed by atoms with Gasteiger partial charge in [-0.05, 0) is 63.1 Å². The SMILES string of the molecule is Cc1cccc(C)c1NC(=O)C1CCCCN1CC1CC1.Cl. The van der Waals surface area contributed by atoms with Crippen LogP contribution in [0.2, 0.25) is 0 Å². The van der Waals surface area contributed by atoms with Crippen molar-refractivity contribution in [3.8, 4) is 0 Å². The Labute approximate surface area is 139 Å². The van der Waals surface area contributed by atoms with Crippen LogP contribution in [0.25, 0.3) is 0 Å². The van der Waals surface area contributed by atoms with Crippen molar-refractivity contribution in [3.05, 3.63) is 29.3 Å². The number of aryl methyl sites for hydroxylation is 2. The number of carbonyl (C=O) groups excluding carboxylic acids is 1. The number of likely N-dealkylation sites (tertiary alicyclic amines) is 1. The van der Waals surface area contributed by atoms with E-state index in [0.717, 1.165) is 42.2 Å². The van der Waals surface area contributed by atoms with E-state index in [1.807, 2.05) is 6.07 Å². The predicted molar refractivity (Wildman–Crippen MR) is 93.7 cm³/mol.